The summed E-state index contributed by atoms with van der Waals surface area (Å²) in [5, 5.41) is 9.72. The highest BCUT2D eigenvalue weighted by atomic mass is 16.5. The normalized spacial score (nSPS) is 26.1. The zero-order chi connectivity index (χ0) is 14.6. The second-order valence-corrected chi connectivity index (χ2v) is 5.52. The Bertz CT molecular complexity index is 444. The van der Waals surface area contributed by atoms with Gasteiger partial charge in [0.1, 0.15) is 12.4 Å². The van der Waals surface area contributed by atoms with Gasteiger partial charge in [-0.25, -0.2) is 0 Å². The van der Waals surface area contributed by atoms with Gasteiger partial charge >= 0.3 is 5.97 Å². The minimum absolute atomic E-state index is 0.183. The van der Waals surface area contributed by atoms with Crippen LogP contribution >= 0.6 is 0 Å². The maximum atomic E-state index is 11.1. The fourth-order valence-corrected chi connectivity index (χ4v) is 2.86. The van der Waals surface area contributed by atoms with Crippen LogP contribution in [0, 0.1) is 0 Å². The molecule has 0 heterocycles. The van der Waals surface area contributed by atoms with E-state index in [2.05, 4.69) is 0 Å². The standard InChI is InChI=1S/C16H22O4/c1-12(17)20-11-16(9-7-14(18)8-10-16)13-3-5-15(19-2)6-4-13/h3-6,14,18H,7-11H2,1-2H3. The lowest BCUT2D eigenvalue weighted by molar-refractivity contribution is -0.143. The summed E-state index contributed by atoms with van der Waals surface area (Å²) < 4.78 is 10.5. The first-order valence-corrected chi connectivity index (χ1v) is 7.02. The highest BCUT2D eigenvalue weighted by molar-refractivity contribution is 5.66. The van der Waals surface area contributed by atoms with E-state index in [-0.39, 0.29) is 17.5 Å². The molecular formula is C16H22O4. The largest absolute Gasteiger partial charge is 0.497 e. The number of aliphatic hydroxyl groups is 1. The molecule has 0 unspecified atom stereocenters. The Balaban J connectivity index is 2.22. The zero-order valence-corrected chi connectivity index (χ0v) is 12.1. The molecule has 110 valence electrons. The number of hydrogen-bond donors (Lipinski definition) is 1. The number of hydrogen-bond acceptors (Lipinski definition) is 4. The molecule has 1 aliphatic carbocycles. The zero-order valence-electron chi connectivity index (χ0n) is 12.1. The van der Waals surface area contributed by atoms with Gasteiger partial charge in [-0.2, -0.15) is 0 Å². The molecule has 1 aromatic rings. The van der Waals surface area contributed by atoms with Crippen LogP contribution in [0.2, 0.25) is 0 Å². The summed E-state index contributed by atoms with van der Waals surface area (Å²) >= 11 is 0. The van der Waals surface area contributed by atoms with Crippen molar-refractivity contribution in [2.24, 2.45) is 0 Å². The van der Waals surface area contributed by atoms with E-state index < -0.39 is 0 Å². The summed E-state index contributed by atoms with van der Waals surface area (Å²) in [5.41, 5.74) is 0.961. The SMILES string of the molecule is COc1ccc(C2(COC(C)=O)CCC(O)CC2)cc1. The van der Waals surface area contributed by atoms with Crippen LogP contribution in [0.25, 0.3) is 0 Å². The van der Waals surface area contributed by atoms with E-state index in [9.17, 15) is 9.90 Å². The third-order valence-corrected chi connectivity index (χ3v) is 4.17. The van der Waals surface area contributed by atoms with Crippen LogP contribution in [0.15, 0.2) is 24.3 Å². The Hall–Kier alpha value is -1.55. The van der Waals surface area contributed by atoms with Crippen molar-refractivity contribution in [2.45, 2.75) is 44.1 Å². The Morgan fingerprint density at radius 2 is 1.90 bits per heavy atom. The van der Waals surface area contributed by atoms with Crippen molar-refractivity contribution in [2.75, 3.05) is 13.7 Å². The summed E-state index contributed by atoms with van der Waals surface area (Å²) in [6.07, 6.45) is 2.90. The van der Waals surface area contributed by atoms with Crippen molar-refractivity contribution in [1.82, 2.24) is 0 Å². The Kier molecular flexibility index (Phi) is 4.65. The van der Waals surface area contributed by atoms with Gasteiger partial charge in [-0.3, -0.25) is 4.79 Å². The highest BCUT2D eigenvalue weighted by Crippen LogP contribution is 2.40. The molecule has 0 radical (unpaired) electrons. The average molecular weight is 278 g/mol. The van der Waals surface area contributed by atoms with Crippen molar-refractivity contribution >= 4 is 5.97 Å². The van der Waals surface area contributed by atoms with Crippen molar-refractivity contribution in [3.8, 4) is 5.75 Å². The molecule has 0 saturated heterocycles. The number of carbonyl (C=O) groups is 1. The number of methoxy groups -OCH3 is 1. The predicted molar refractivity (Wildman–Crippen MR) is 75.8 cm³/mol. The van der Waals surface area contributed by atoms with Crippen LogP contribution in [-0.4, -0.2) is 30.9 Å². The number of esters is 1. The molecule has 1 N–H and O–H groups in total. The first kappa shape index (κ1) is 14.9. The molecule has 1 saturated carbocycles. The molecule has 20 heavy (non-hydrogen) atoms. The van der Waals surface area contributed by atoms with Gasteiger partial charge in [0.05, 0.1) is 13.2 Å². The first-order chi connectivity index (χ1) is 9.55. The van der Waals surface area contributed by atoms with Crippen molar-refractivity contribution in [1.29, 1.82) is 0 Å². The van der Waals surface area contributed by atoms with E-state index in [0.29, 0.717) is 6.61 Å². The molecule has 1 fully saturated rings. The molecule has 4 heteroatoms. The van der Waals surface area contributed by atoms with Crippen LogP contribution in [0.5, 0.6) is 5.75 Å². The number of aliphatic hydroxyl groups excluding tert-OH is 1. The second kappa shape index (κ2) is 6.27. The lowest BCUT2D eigenvalue weighted by Gasteiger charge is -2.38. The molecule has 2 rings (SSSR count). The molecule has 0 bridgehead atoms. The predicted octanol–water partition coefficient (Wildman–Crippen LogP) is 2.43. The van der Waals surface area contributed by atoms with Crippen LogP contribution in [0.1, 0.15) is 38.2 Å². The molecule has 1 aromatic carbocycles. The van der Waals surface area contributed by atoms with Gasteiger partial charge in [0.2, 0.25) is 0 Å². The smallest absolute Gasteiger partial charge is 0.302 e. The van der Waals surface area contributed by atoms with Crippen molar-refractivity contribution in [3.63, 3.8) is 0 Å². The van der Waals surface area contributed by atoms with Gasteiger partial charge < -0.3 is 14.6 Å². The summed E-state index contributed by atoms with van der Waals surface area (Å²) in [6.45, 7) is 1.81. The Morgan fingerprint density at radius 1 is 1.30 bits per heavy atom. The van der Waals surface area contributed by atoms with Crippen LogP contribution in [0.3, 0.4) is 0 Å². The van der Waals surface area contributed by atoms with E-state index in [1.54, 1.807) is 7.11 Å². The third-order valence-electron chi connectivity index (χ3n) is 4.17. The minimum atomic E-state index is -0.260. The topological polar surface area (TPSA) is 55.8 Å². The van der Waals surface area contributed by atoms with Gasteiger partial charge in [-0.05, 0) is 43.4 Å². The maximum absolute atomic E-state index is 11.1. The number of benzene rings is 1. The molecule has 4 nitrogen and oxygen atoms in total. The van der Waals surface area contributed by atoms with Gasteiger partial charge in [0.15, 0.2) is 0 Å². The fraction of sp³-hybridized carbons (Fsp3) is 0.562. The summed E-state index contributed by atoms with van der Waals surface area (Å²) in [6, 6.07) is 7.91. The van der Waals surface area contributed by atoms with Crippen LogP contribution < -0.4 is 4.74 Å². The number of ether oxygens (including phenoxy) is 2. The first-order valence-electron chi connectivity index (χ1n) is 7.02. The van der Waals surface area contributed by atoms with E-state index in [4.69, 9.17) is 9.47 Å². The highest BCUT2D eigenvalue weighted by Gasteiger charge is 2.37. The maximum Gasteiger partial charge on any atom is 0.302 e. The van der Waals surface area contributed by atoms with E-state index in [0.717, 1.165) is 37.0 Å². The van der Waals surface area contributed by atoms with Gasteiger partial charge in [0.25, 0.3) is 0 Å². The van der Waals surface area contributed by atoms with E-state index in [1.807, 2.05) is 24.3 Å². The molecule has 0 amide bonds. The average Bonchev–Trinajstić information content (AvgIpc) is 2.47. The molecule has 0 aliphatic heterocycles. The summed E-state index contributed by atoms with van der Waals surface area (Å²) in [7, 11) is 1.64. The van der Waals surface area contributed by atoms with Crippen molar-refractivity contribution in [3.05, 3.63) is 29.8 Å². The van der Waals surface area contributed by atoms with E-state index >= 15 is 0 Å². The number of rotatable bonds is 4. The van der Waals surface area contributed by atoms with Crippen LogP contribution in [0.4, 0.5) is 0 Å². The molecule has 0 atom stereocenters. The van der Waals surface area contributed by atoms with E-state index in [1.165, 1.54) is 6.92 Å². The second-order valence-electron chi connectivity index (χ2n) is 5.52. The van der Waals surface area contributed by atoms with Crippen molar-refractivity contribution < 1.29 is 19.4 Å². The third kappa shape index (κ3) is 3.31. The van der Waals surface area contributed by atoms with Crippen LogP contribution in [-0.2, 0) is 14.9 Å². The molecular weight excluding hydrogens is 256 g/mol. The molecule has 0 spiro atoms. The molecule has 1 aliphatic rings. The lowest BCUT2D eigenvalue weighted by atomic mass is 9.69. The summed E-state index contributed by atoms with van der Waals surface area (Å²) in [4.78, 5) is 11.1. The quantitative estimate of drug-likeness (QED) is 0.859. The van der Waals surface area contributed by atoms with Gasteiger partial charge in [-0.15, -0.1) is 0 Å². The fourth-order valence-electron chi connectivity index (χ4n) is 2.86. The Morgan fingerprint density at radius 3 is 2.40 bits per heavy atom. The lowest BCUT2D eigenvalue weighted by Crippen LogP contribution is -2.38. The minimum Gasteiger partial charge on any atom is -0.497 e. The Labute approximate surface area is 119 Å². The summed E-state index contributed by atoms with van der Waals surface area (Å²) in [5.74, 6) is 0.552. The molecule has 0 aromatic heterocycles. The monoisotopic (exact) mass is 278 g/mol. The van der Waals surface area contributed by atoms with Gasteiger partial charge in [0, 0.05) is 12.3 Å². The number of carbonyl (C=O) groups excluding carboxylic acids is 1. The van der Waals surface area contributed by atoms with Gasteiger partial charge in [-0.1, -0.05) is 12.1 Å².